The molecule has 0 amide bonds. The fourth-order valence-corrected chi connectivity index (χ4v) is 2.66. The molecule has 134 valence electrons. The standard InChI is InChI=1S/C19H34O4/c1-3-4-5-6-7-8-9-10-11-12-13-14-18(22)15-19(16-20)23-17(2)21/h1,18-20,22H,4-16H2,2H3/t18-,19+/m1/s1. The van der Waals surface area contributed by atoms with E-state index in [2.05, 4.69) is 5.92 Å². The molecular formula is C19H34O4. The van der Waals surface area contributed by atoms with E-state index in [0.29, 0.717) is 12.8 Å². The van der Waals surface area contributed by atoms with Gasteiger partial charge in [0.15, 0.2) is 0 Å². The fourth-order valence-electron chi connectivity index (χ4n) is 2.66. The molecule has 0 radical (unpaired) electrons. The molecule has 0 aromatic carbocycles. The molecule has 2 N–H and O–H groups in total. The molecule has 0 rings (SSSR count). The maximum Gasteiger partial charge on any atom is 0.302 e. The summed E-state index contributed by atoms with van der Waals surface area (Å²) >= 11 is 0. The summed E-state index contributed by atoms with van der Waals surface area (Å²) in [6.45, 7) is 1.07. The summed E-state index contributed by atoms with van der Waals surface area (Å²) in [4.78, 5) is 10.8. The highest BCUT2D eigenvalue weighted by molar-refractivity contribution is 5.66. The zero-order chi connectivity index (χ0) is 17.3. The molecule has 4 heteroatoms. The fraction of sp³-hybridized carbons (Fsp3) is 0.842. The van der Waals surface area contributed by atoms with Crippen LogP contribution in [0.1, 0.15) is 84.0 Å². The lowest BCUT2D eigenvalue weighted by Gasteiger charge is -2.18. The van der Waals surface area contributed by atoms with Gasteiger partial charge in [-0.3, -0.25) is 4.79 Å². The third-order valence-electron chi connectivity index (χ3n) is 3.93. The molecule has 0 saturated heterocycles. The van der Waals surface area contributed by atoms with E-state index in [4.69, 9.17) is 16.3 Å². The second-order valence-electron chi connectivity index (χ2n) is 6.23. The van der Waals surface area contributed by atoms with Crippen molar-refractivity contribution >= 4 is 5.97 Å². The molecule has 0 bridgehead atoms. The van der Waals surface area contributed by atoms with Crippen LogP contribution in [0, 0.1) is 12.3 Å². The second kappa shape index (κ2) is 15.8. The van der Waals surface area contributed by atoms with E-state index in [9.17, 15) is 9.90 Å². The summed E-state index contributed by atoms with van der Waals surface area (Å²) in [5.41, 5.74) is 0. The molecule has 0 saturated carbocycles. The minimum atomic E-state index is -0.586. The van der Waals surface area contributed by atoms with Crippen molar-refractivity contribution in [3.05, 3.63) is 0 Å². The first-order valence-corrected chi connectivity index (χ1v) is 8.99. The molecule has 0 spiro atoms. The molecule has 0 aromatic heterocycles. The van der Waals surface area contributed by atoms with Gasteiger partial charge in [0.2, 0.25) is 0 Å². The van der Waals surface area contributed by atoms with Crippen molar-refractivity contribution in [1.29, 1.82) is 0 Å². The summed E-state index contributed by atoms with van der Waals surface area (Å²) in [6, 6.07) is 0. The number of ether oxygens (including phenoxy) is 1. The Morgan fingerprint density at radius 3 is 2.04 bits per heavy atom. The molecule has 0 aliphatic heterocycles. The Hall–Kier alpha value is -1.05. The van der Waals surface area contributed by atoms with Gasteiger partial charge in [0.25, 0.3) is 0 Å². The topological polar surface area (TPSA) is 66.8 Å². The molecular weight excluding hydrogens is 292 g/mol. The van der Waals surface area contributed by atoms with Crippen LogP contribution in [-0.4, -0.2) is 35.0 Å². The summed E-state index contributed by atoms with van der Waals surface area (Å²) in [5, 5.41) is 19.0. The van der Waals surface area contributed by atoms with Crippen LogP contribution >= 0.6 is 0 Å². The molecule has 4 nitrogen and oxygen atoms in total. The first kappa shape index (κ1) is 21.9. The number of rotatable bonds is 15. The lowest BCUT2D eigenvalue weighted by molar-refractivity contribution is -0.149. The predicted octanol–water partition coefficient (Wildman–Crippen LogP) is 3.59. The number of terminal acetylenes is 1. The molecule has 0 aliphatic rings. The highest BCUT2D eigenvalue weighted by atomic mass is 16.5. The molecule has 2 atom stereocenters. The van der Waals surface area contributed by atoms with E-state index in [0.717, 1.165) is 25.7 Å². The lowest BCUT2D eigenvalue weighted by Crippen LogP contribution is -2.26. The van der Waals surface area contributed by atoms with Gasteiger partial charge in [-0.05, 0) is 12.8 Å². The van der Waals surface area contributed by atoms with Crippen molar-refractivity contribution in [3.63, 3.8) is 0 Å². The minimum Gasteiger partial charge on any atom is -0.460 e. The smallest absolute Gasteiger partial charge is 0.302 e. The van der Waals surface area contributed by atoms with Gasteiger partial charge in [-0.25, -0.2) is 0 Å². The third kappa shape index (κ3) is 15.6. The van der Waals surface area contributed by atoms with Gasteiger partial charge < -0.3 is 14.9 Å². The largest absolute Gasteiger partial charge is 0.460 e. The number of unbranched alkanes of at least 4 members (excludes halogenated alkanes) is 9. The van der Waals surface area contributed by atoms with E-state index < -0.39 is 18.2 Å². The molecule has 0 aliphatic carbocycles. The Morgan fingerprint density at radius 2 is 1.57 bits per heavy atom. The second-order valence-corrected chi connectivity index (χ2v) is 6.23. The average molecular weight is 326 g/mol. The Bertz CT molecular complexity index is 322. The molecule has 23 heavy (non-hydrogen) atoms. The van der Waals surface area contributed by atoms with Crippen LogP contribution in [0.25, 0.3) is 0 Å². The molecule has 0 aromatic rings. The molecule has 0 fully saturated rings. The van der Waals surface area contributed by atoms with Crippen LogP contribution in [0.4, 0.5) is 0 Å². The summed E-state index contributed by atoms with van der Waals surface area (Å²) in [5.74, 6) is 2.25. The van der Waals surface area contributed by atoms with Crippen LogP contribution in [0.15, 0.2) is 0 Å². The SMILES string of the molecule is C#CCCCCCCCCCCC[C@@H](O)C[C@@H](CO)OC(C)=O. The number of hydrogen-bond donors (Lipinski definition) is 2. The van der Waals surface area contributed by atoms with Crippen LogP contribution in [0.5, 0.6) is 0 Å². The van der Waals surface area contributed by atoms with Crippen molar-refractivity contribution in [3.8, 4) is 12.3 Å². The van der Waals surface area contributed by atoms with Gasteiger partial charge in [-0.2, -0.15) is 0 Å². The predicted molar refractivity (Wildman–Crippen MR) is 92.9 cm³/mol. The van der Waals surface area contributed by atoms with Crippen LogP contribution < -0.4 is 0 Å². The van der Waals surface area contributed by atoms with Gasteiger partial charge in [0, 0.05) is 19.8 Å². The molecule has 0 heterocycles. The van der Waals surface area contributed by atoms with Crippen molar-refractivity contribution in [2.24, 2.45) is 0 Å². The van der Waals surface area contributed by atoms with Crippen molar-refractivity contribution in [2.75, 3.05) is 6.61 Å². The van der Waals surface area contributed by atoms with E-state index in [1.165, 1.54) is 45.4 Å². The summed E-state index contributed by atoms with van der Waals surface area (Å²) in [6.07, 6.45) is 16.8. The maximum absolute atomic E-state index is 10.8. The number of aliphatic hydroxyl groups excluding tert-OH is 2. The van der Waals surface area contributed by atoms with Crippen LogP contribution in [0.3, 0.4) is 0 Å². The Balaban J connectivity index is 3.40. The number of esters is 1. The van der Waals surface area contributed by atoms with Gasteiger partial charge in [0.1, 0.15) is 6.10 Å². The summed E-state index contributed by atoms with van der Waals surface area (Å²) in [7, 11) is 0. The van der Waals surface area contributed by atoms with Crippen LogP contribution in [0.2, 0.25) is 0 Å². The zero-order valence-electron chi connectivity index (χ0n) is 14.6. The Kier molecular flexibility index (Phi) is 15.1. The van der Waals surface area contributed by atoms with E-state index in [1.54, 1.807) is 0 Å². The van der Waals surface area contributed by atoms with Crippen molar-refractivity contribution < 1.29 is 19.7 Å². The maximum atomic E-state index is 10.8. The first-order valence-electron chi connectivity index (χ1n) is 8.99. The van der Waals surface area contributed by atoms with Gasteiger partial charge in [-0.1, -0.05) is 51.4 Å². The average Bonchev–Trinajstić information content (AvgIpc) is 2.51. The monoisotopic (exact) mass is 326 g/mol. The Morgan fingerprint density at radius 1 is 1.04 bits per heavy atom. The first-order chi connectivity index (χ1) is 11.1. The zero-order valence-corrected chi connectivity index (χ0v) is 14.6. The Labute approximate surface area is 141 Å². The minimum absolute atomic E-state index is 0.238. The van der Waals surface area contributed by atoms with Crippen molar-refractivity contribution in [1.82, 2.24) is 0 Å². The summed E-state index contributed by atoms with van der Waals surface area (Å²) < 4.78 is 4.92. The van der Waals surface area contributed by atoms with Gasteiger partial charge >= 0.3 is 5.97 Å². The van der Waals surface area contributed by atoms with E-state index >= 15 is 0 Å². The van der Waals surface area contributed by atoms with Crippen molar-refractivity contribution in [2.45, 2.75) is 96.2 Å². The van der Waals surface area contributed by atoms with Gasteiger partial charge in [-0.15, -0.1) is 12.3 Å². The molecule has 0 unspecified atom stereocenters. The van der Waals surface area contributed by atoms with E-state index in [-0.39, 0.29) is 6.61 Å². The number of aliphatic hydroxyl groups is 2. The lowest BCUT2D eigenvalue weighted by atomic mass is 10.0. The number of carbonyl (C=O) groups is 1. The number of carbonyl (C=O) groups excluding carboxylic acids is 1. The normalized spacial score (nSPS) is 13.3. The highest BCUT2D eigenvalue weighted by Crippen LogP contribution is 2.14. The quantitative estimate of drug-likeness (QED) is 0.274. The van der Waals surface area contributed by atoms with E-state index in [1.807, 2.05) is 0 Å². The van der Waals surface area contributed by atoms with Crippen LogP contribution in [-0.2, 0) is 9.53 Å². The van der Waals surface area contributed by atoms with Gasteiger partial charge in [0.05, 0.1) is 12.7 Å². The number of hydrogen-bond acceptors (Lipinski definition) is 4. The third-order valence-corrected chi connectivity index (χ3v) is 3.93. The highest BCUT2D eigenvalue weighted by Gasteiger charge is 2.16.